The molecule has 12 atom stereocenters. The number of carbonyl (C=O) groups excluding carboxylic acids is 3. The topological polar surface area (TPSA) is 117 Å². The Kier molecular flexibility index (Phi) is 6.75. The number of methoxy groups -OCH3 is 1. The quantitative estimate of drug-likeness (QED) is 0.378. The third kappa shape index (κ3) is 4.24. The second-order valence-electron chi connectivity index (χ2n) is 12.4. The van der Waals surface area contributed by atoms with Crippen LogP contribution in [0, 0.1) is 47.3 Å². The summed E-state index contributed by atoms with van der Waals surface area (Å²) in [5.74, 6) is 2.16. The van der Waals surface area contributed by atoms with Crippen molar-refractivity contribution in [3.05, 3.63) is 35.6 Å². The van der Waals surface area contributed by atoms with Gasteiger partial charge in [0.05, 0.1) is 24.4 Å². The summed E-state index contributed by atoms with van der Waals surface area (Å²) in [4.78, 5) is 37.8. The normalized spacial score (nSPS) is 46.8. The predicted octanol–water partition coefficient (Wildman–Crippen LogP) is 2.85. The van der Waals surface area contributed by atoms with Gasteiger partial charge in [-0.2, -0.15) is 0 Å². The van der Waals surface area contributed by atoms with Gasteiger partial charge in [0.2, 0.25) is 5.91 Å². The van der Waals surface area contributed by atoms with Gasteiger partial charge in [0.15, 0.2) is 5.78 Å². The van der Waals surface area contributed by atoms with E-state index in [0.717, 1.165) is 12.8 Å². The largest absolute Gasteiger partial charge is 0.507 e. The first-order chi connectivity index (χ1) is 18.3. The number of hydrogen-bond acceptors (Lipinski definition) is 6. The number of amides is 2. The van der Waals surface area contributed by atoms with Gasteiger partial charge < -0.3 is 25.2 Å². The summed E-state index contributed by atoms with van der Waals surface area (Å²) < 4.78 is 12.2. The van der Waals surface area contributed by atoms with Crippen LogP contribution in [-0.4, -0.2) is 60.7 Å². The summed E-state index contributed by atoms with van der Waals surface area (Å²) in [5.41, 5.74) is -0.152. The fraction of sp³-hybridized carbons (Fsp3) is 0.700. The molecule has 0 aromatic carbocycles. The number of aliphatic hydroxyl groups excluding tert-OH is 1. The maximum absolute atomic E-state index is 12.9. The lowest BCUT2D eigenvalue weighted by Crippen LogP contribution is -2.41. The van der Waals surface area contributed by atoms with E-state index in [-0.39, 0.29) is 53.2 Å². The second kappa shape index (κ2) is 9.94. The van der Waals surface area contributed by atoms with Crippen molar-refractivity contribution in [2.45, 2.75) is 70.3 Å². The summed E-state index contributed by atoms with van der Waals surface area (Å²) in [5, 5.41) is 16.4. The molecule has 8 heteroatoms. The summed E-state index contributed by atoms with van der Waals surface area (Å²) in [6, 6.07) is -0.664. The number of epoxide rings is 1. The van der Waals surface area contributed by atoms with Gasteiger partial charge in [-0.25, -0.2) is 0 Å². The zero-order valence-corrected chi connectivity index (χ0v) is 22.5. The molecular weight excluding hydrogens is 484 g/mol. The molecule has 3 aliphatic carbocycles. The van der Waals surface area contributed by atoms with Crippen LogP contribution < -0.4 is 10.6 Å². The molecule has 0 aromatic heterocycles. The molecule has 6 aliphatic rings. The average Bonchev–Trinajstić information content (AvgIpc) is 3.35. The number of allylic oxidation sites excluding steroid dienone is 3. The van der Waals surface area contributed by atoms with Gasteiger partial charge in [0, 0.05) is 13.7 Å². The number of nitrogens with one attached hydrogen (secondary N) is 2. The summed E-state index contributed by atoms with van der Waals surface area (Å²) in [6.45, 7) is 4.96. The number of hydrogen-bond donors (Lipinski definition) is 3. The summed E-state index contributed by atoms with van der Waals surface area (Å²) in [6.07, 6.45) is 11.7. The molecule has 38 heavy (non-hydrogen) atoms. The fourth-order valence-electron chi connectivity index (χ4n) is 9.00. The zero-order valence-electron chi connectivity index (χ0n) is 22.5. The number of fused-ring (bicyclic) bond motifs is 10. The van der Waals surface area contributed by atoms with Gasteiger partial charge in [0.25, 0.3) is 5.91 Å². The minimum absolute atomic E-state index is 0.135. The predicted molar refractivity (Wildman–Crippen MR) is 140 cm³/mol. The van der Waals surface area contributed by atoms with Crippen LogP contribution >= 0.6 is 0 Å². The Labute approximate surface area is 224 Å². The zero-order chi connectivity index (χ0) is 26.7. The SMILES string of the molecule is COC(C)[C@H]1[C@H]2[C@H](C[C@H]1C)[C@H]1C[C@H]3/C=C/C(O)=C4C(=O)N[C@H](CCCNC(=O)/C=C\C[C@@H]3[C@H]1[C@@H]1O[C@@H]12)C4=O. The highest BCUT2D eigenvalue weighted by molar-refractivity contribution is 6.27. The highest BCUT2D eigenvalue weighted by atomic mass is 16.6. The van der Waals surface area contributed by atoms with E-state index >= 15 is 0 Å². The molecule has 5 fully saturated rings. The Hall–Kier alpha value is -2.45. The van der Waals surface area contributed by atoms with E-state index in [0.29, 0.717) is 54.9 Å². The highest BCUT2D eigenvalue weighted by Gasteiger charge is 2.68. The first-order valence-corrected chi connectivity index (χ1v) is 14.4. The van der Waals surface area contributed by atoms with Crippen molar-refractivity contribution in [2.24, 2.45) is 47.3 Å². The van der Waals surface area contributed by atoms with Crippen LogP contribution in [-0.2, 0) is 23.9 Å². The van der Waals surface area contributed by atoms with Crippen molar-refractivity contribution in [1.29, 1.82) is 0 Å². The van der Waals surface area contributed by atoms with Gasteiger partial charge in [-0.15, -0.1) is 0 Å². The standard InChI is InChI=1S/C30H40N2O6/c1-14-12-18-19-13-16-9-10-21(33)26-27(35)20(32-30(26)36)7-5-11-31-22(34)8-4-6-17(16)24(19)28-29(38-28)25(18)23(14)15(2)37-3/h4,8-10,14-20,23-25,28-29,33H,5-7,11-13H2,1-3H3,(H,31,34)(H,32,36)/b8-4-,10-9+,26-21?/t14-,15?,16-,17+,18-,19-,20-,23+,24-,25-,28+,29-/m1/s1. The summed E-state index contributed by atoms with van der Waals surface area (Å²) >= 11 is 0. The lowest BCUT2D eigenvalue weighted by atomic mass is 9.65. The van der Waals surface area contributed by atoms with Gasteiger partial charge >= 0.3 is 0 Å². The molecule has 3 aliphatic heterocycles. The van der Waals surface area contributed by atoms with E-state index in [4.69, 9.17) is 9.47 Å². The molecule has 2 bridgehead atoms. The van der Waals surface area contributed by atoms with Crippen molar-refractivity contribution in [3.63, 3.8) is 0 Å². The maximum atomic E-state index is 12.9. The molecule has 3 saturated carbocycles. The van der Waals surface area contributed by atoms with Crippen molar-refractivity contribution in [2.75, 3.05) is 13.7 Å². The molecule has 0 radical (unpaired) electrons. The van der Waals surface area contributed by atoms with Gasteiger partial charge in [-0.05, 0) is 98.5 Å². The number of ether oxygens (including phenoxy) is 2. The average molecular weight is 525 g/mol. The summed E-state index contributed by atoms with van der Waals surface area (Å²) in [7, 11) is 1.80. The molecule has 0 aromatic rings. The Morgan fingerprint density at radius 2 is 1.84 bits per heavy atom. The van der Waals surface area contributed by atoms with Crippen molar-refractivity contribution in [1.82, 2.24) is 10.6 Å². The lowest BCUT2D eigenvalue weighted by Gasteiger charge is -2.38. The van der Waals surface area contributed by atoms with E-state index in [2.05, 4.69) is 24.5 Å². The fourth-order valence-corrected chi connectivity index (χ4v) is 9.00. The molecule has 206 valence electrons. The monoisotopic (exact) mass is 524 g/mol. The number of ketones is 1. The van der Waals surface area contributed by atoms with Crippen molar-refractivity contribution in [3.8, 4) is 0 Å². The number of Topliss-reactive ketones (excluding diaryl/α,β-unsaturated/α-hetero) is 1. The Balaban J connectivity index is 1.32. The van der Waals surface area contributed by atoms with Crippen LogP contribution in [0.5, 0.6) is 0 Å². The first-order valence-electron chi connectivity index (χ1n) is 14.4. The smallest absolute Gasteiger partial charge is 0.259 e. The molecule has 0 spiro atoms. The van der Waals surface area contributed by atoms with Crippen LogP contribution in [0.3, 0.4) is 0 Å². The van der Waals surface area contributed by atoms with Gasteiger partial charge in [-0.1, -0.05) is 19.1 Å². The molecular formula is C30H40N2O6. The van der Waals surface area contributed by atoms with E-state index in [1.165, 1.54) is 6.42 Å². The van der Waals surface area contributed by atoms with E-state index in [9.17, 15) is 19.5 Å². The number of carbonyl (C=O) groups is 3. The number of aliphatic hydroxyl groups is 1. The molecule has 2 amide bonds. The van der Waals surface area contributed by atoms with Crippen LogP contribution in [0.25, 0.3) is 0 Å². The minimum atomic E-state index is -0.664. The third-order valence-electron chi connectivity index (χ3n) is 10.6. The molecule has 6 rings (SSSR count). The van der Waals surface area contributed by atoms with Crippen LogP contribution in [0.2, 0.25) is 0 Å². The third-order valence-corrected chi connectivity index (χ3v) is 10.6. The van der Waals surface area contributed by atoms with E-state index in [1.54, 1.807) is 19.3 Å². The Morgan fingerprint density at radius 1 is 1.08 bits per heavy atom. The van der Waals surface area contributed by atoms with Gasteiger partial charge in [-0.3, -0.25) is 14.4 Å². The van der Waals surface area contributed by atoms with E-state index < -0.39 is 11.9 Å². The Morgan fingerprint density at radius 3 is 2.63 bits per heavy atom. The van der Waals surface area contributed by atoms with Gasteiger partial charge in [0.1, 0.15) is 11.3 Å². The molecule has 3 heterocycles. The molecule has 3 N–H and O–H groups in total. The van der Waals surface area contributed by atoms with Crippen LogP contribution in [0.4, 0.5) is 0 Å². The Bertz CT molecular complexity index is 1100. The minimum Gasteiger partial charge on any atom is -0.507 e. The first kappa shape index (κ1) is 25.8. The van der Waals surface area contributed by atoms with Crippen LogP contribution in [0.15, 0.2) is 35.6 Å². The van der Waals surface area contributed by atoms with Crippen LogP contribution in [0.1, 0.15) is 46.0 Å². The second-order valence-corrected chi connectivity index (χ2v) is 12.4. The number of rotatable bonds is 2. The van der Waals surface area contributed by atoms with Crippen molar-refractivity contribution >= 4 is 17.6 Å². The molecule has 2 saturated heterocycles. The van der Waals surface area contributed by atoms with E-state index in [1.807, 2.05) is 12.2 Å². The highest BCUT2D eigenvalue weighted by Crippen LogP contribution is 2.66. The maximum Gasteiger partial charge on any atom is 0.259 e. The molecule has 1 unspecified atom stereocenters. The molecule has 8 nitrogen and oxygen atoms in total. The lowest BCUT2D eigenvalue weighted by molar-refractivity contribution is -0.118. The van der Waals surface area contributed by atoms with Crippen molar-refractivity contribution < 1.29 is 29.0 Å².